The van der Waals surface area contributed by atoms with E-state index in [4.69, 9.17) is 0 Å². The van der Waals surface area contributed by atoms with Crippen molar-refractivity contribution < 1.29 is 9.90 Å². The molecule has 0 spiro atoms. The average molecular weight is 362 g/mol. The van der Waals surface area contributed by atoms with Gasteiger partial charge >= 0.3 is 6.03 Å². The molecule has 1 fully saturated rings. The molecule has 3 N–H and O–H groups in total. The van der Waals surface area contributed by atoms with Crippen molar-refractivity contribution in [3.05, 3.63) is 35.2 Å². The van der Waals surface area contributed by atoms with Crippen LogP contribution in [0.2, 0.25) is 0 Å². The van der Waals surface area contributed by atoms with Crippen LogP contribution in [0.1, 0.15) is 37.7 Å². The number of fused-ring (bicyclic) bond motifs is 1. The number of rotatable bonds is 5. The van der Waals surface area contributed by atoms with Gasteiger partial charge in [-0.05, 0) is 44.2 Å². The fourth-order valence-electron chi connectivity index (χ4n) is 3.25. The first kappa shape index (κ1) is 18.2. The Labute approximate surface area is 153 Å². The number of nitrogens with one attached hydrogen (secondary N) is 2. The van der Waals surface area contributed by atoms with Crippen molar-refractivity contribution in [1.82, 2.24) is 15.5 Å². The van der Waals surface area contributed by atoms with Crippen molar-refractivity contribution in [3.63, 3.8) is 0 Å². The third-order valence-corrected chi connectivity index (χ3v) is 6.04. The first-order valence-corrected chi connectivity index (χ1v) is 9.79. The van der Waals surface area contributed by atoms with Crippen LogP contribution < -0.4 is 10.6 Å². The third-order valence-electron chi connectivity index (χ3n) is 4.82. The van der Waals surface area contributed by atoms with Crippen LogP contribution in [-0.2, 0) is 0 Å². The zero-order valence-electron chi connectivity index (χ0n) is 14.9. The minimum absolute atomic E-state index is 0.192. The summed E-state index contributed by atoms with van der Waals surface area (Å²) in [6.07, 6.45) is 1.28. The maximum atomic E-state index is 12.1. The molecule has 0 radical (unpaired) electrons. The second-order valence-electron chi connectivity index (χ2n) is 6.96. The standard InChI is InChI=1S/C19H27N3O2S/c1-13(2)22-9-7-15(8-10-22)21-19(24)20-12-16(23)18-11-14-5-3-4-6-17(14)25-18/h3-6,11,13,15-16,23H,7-10,12H2,1-2H3,(H2,20,21,24). The fraction of sp³-hybridized carbons (Fsp3) is 0.526. The van der Waals surface area contributed by atoms with Gasteiger partial charge in [0.15, 0.2) is 0 Å². The van der Waals surface area contributed by atoms with Gasteiger partial charge in [-0.25, -0.2) is 4.79 Å². The van der Waals surface area contributed by atoms with E-state index < -0.39 is 6.10 Å². The van der Waals surface area contributed by atoms with E-state index in [1.54, 1.807) is 11.3 Å². The highest BCUT2D eigenvalue weighted by atomic mass is 32.1. The molecular weight excluding hydrogens is 334 g/mol. The number of carbonyl (C=O) groups excluding carboxylic acids is 1. The monoisotopic (exact) mass is 361 g/mol. The summed E-state index contributed by atoms with van der Waals surface area (Å²) in [5.74, 6) is 0. The second kappa shape index (κ2) is 8.17. The molecule has 3 rings (SSSR count). The van der Waals surface area contributed by atoms with E-state index in [0.29, 0.717) is 6.04 Å². The number of amides is 2. The van der Waals surface area contributed by atoms with E-state index in [2.05, 4.69) is 29.4 Å². The quantitative estimate of drug-likeness (QED) is 0.767. The molecule has 1 aliphatic heterocycles. The molecule has 1 aromatic heterocycles. The Morgan fingerprint density at radius 1 is 1.32 bits per heavy atom. The average Bonchev–Trinajstić information content (AvgIpc) is 3.04. The molecule has 0 bridgehead atoms. The largest absolute Gasteiger partial charge is 0.386 e. The van der Waals surface area contributed by atoms with Crippen molar-refractivity contribution in [3.8, 4) is 0 Å². The van der Waals surface area contributed by atoms with Crippen LogP contribution in [0, 0.1) is 0 Å². The number of carbonyl (C=O) groups is 1. The van der Waals surface area contributed by atoms with Crippen LogP contribution in [0.5, 0.6) is 0 Å². The zero-order chi connectivity index (χ0) is 17.8. The summed E-state index contributed by atoms with van der Waals surface area (Å²) in [6.45, 7) is 6.68. The number of likely N-dealkylation sites (tertiary alicyclic amines) is 1. The van der Waals surface area contributed by atoms with Gasteiger partial charge in [-0.2, -0.15) is 0 Å². The number of hydrogen-bond acceptors (Lipinski definition) is 4. The van der Waals surface area contributed by atoms with E-state index >= 15 is 0 Å². The lowest BCUT2D eigenvalue weighted by molar-refractivity contribution is 0.157. The lowest BCUT2D eigenvalue weighted by Gasteiger charge is -2.34. The molecule has 0 saturated carbocycles. The summed E-state index contributed by atoms with van der Waals surface area (Å²) >= 11 is 1.57. The minimum Gasteiger partial charge on any atom is -0.386 e. The number of hydrogen-bond donors (Lipinski definition) is 3. The normalized spacial score (nSPS) is 17.8. The first-order valence-electron chi connectivity index (χ1n) is 8.98. The molecule has 6 heteroatoms. The van der Waals surface area contributed by atoms with Gasteiger partial charge < -0.3 is 20.6 Å². The molecule has 1 aliphatic rings. The van der Waals surface area contributed by atoms with Gasteiger partial charge in [-0.15, -0.1) is 11.3 Å². The molecular formula is C19H27N3O2S. The molecule has 1 aromatic carbocycles. The number of benzene rings is 1. The summed E-state index contributed by atoms with van der Waals surface area (Å²) in [6, 6.07) is 10.6. The number of thiophene rings is 1. The maximum Gasteiger partial charge on any atom is 0.315 e. The Kier molecular flexibility index (Phi) is 5.93. The van der Waals surface area contributed by atoms with Crippen LogP contribution >= 0.6 is 11.3 Å². The lowest BCUT2D eigenvalue weighted by atomic mass is 10.0. The highest BCUT2D eigenvalue weighted by Crippen LogP contribution is 2.29. The smallest absolute Gasteiger partial charge is 0.315 e. The Balaban J connectivity index is 1.44. The highest BCUT2D eigenvalue weighted by Gasteiger charge is 2.22. The van der Waals surface area contributed by atoms with Crippen molar-refractivity contribution in [2.24, 2.45) is 0 Å². The van der Waals surface area contributed by atoms with Crippen molar-refractivity contribution in [1.29, 1.82) is 0 Å². The van der Waals surface area contributed by atoms with Gasteiger partial charge in [0.2, 0.25) is 0 Å². The number of nitrogens with zero attached hydrogens (tertiary/aromatic N) is 1. The van der Waals surface area contributed by atoms with Crippen LogP contribution in [0.15, 0.2) is 30.3 Å². The summed E-state index contributed by atoms with van der Waals surface area (Å²) in [5.41, 5.74) is 0. The van der Waals surface area contributed by atoms with Crippen molar-refractivity contribution in [2.45, 2.75) is 44.9 Å². The molecule has 2 aromatic rings. The van der Waals surface area contributed by atoms with E-state index in [0.717, 1.165) is 40.9 Å². The maximum absolute atomic E-state index is 12.1. The summed E-state index contributed by atoms with van der Waals surface area (Å²) in [7, 11) is 0. The molecule has 0 aliphatic carbocycles. The van der Waals surface area contributed by atoms with Crippen molar-refractivity contribution in [2.75, 3.05) is 19.6 Å². The van der Waals surface area contributed by atoms with E-state index in [1.807, 2.05) is 30.3 Å². The summed E-state index contributed by atoms with van der Waals surface area (Å²) in [4.78, 5) is 15.4. The Morgan fingerprint density at radius 3 is 2.72 bits per heavy atom. The number of aliphatic hydroxyl groups is 1. The summed E-state index contributed by atoms with van der Waals surface area (Å²) < 4.78 is 1.15. The van der Waals surface area contributed by atoms with E-state index in [1.165, 1.54) is 0 Å². The Bertz CT molecular complexity index is 675. The van der Waals surface area contributed by atoms with Crippen LogP contribution in [0.4, 0.5) is 4.79 Å². The number of piperidine rings is 1. The summed E-state index contributed by atoms with van der Waals surface area (Å²) in [5, 5.41) is 17.3. The molecule has 1 saturated heterocycles. The van der Waals surface area contributed by atoms with Gasteiger partial charge in [0.25, 0.3) is 0 Å². The molecule has 2 heterocycles. The molecule has 2 amide bonds. The number of urea groups is 1. The Morgan fingerprint density at radius 2 is 2.04 bits per heavy atom. The molecule has 5 nitrogen and oxygen atoms in total. The van der Waals surface area contributed by atoms with Gasteiger partial charge in [-0.1, -0.05) is 18.2 Å². The lowest BCUT2D eigenvalue weighted by Crippen LogP contribution is -2.49. The van der Waals surface area contributed by atoms with Gasteiger partial charge in [0, 0.05) is 34.8 Å². The first-order chi connectivity index (χ1) is 12.0. The molecule has 25 heavy (non-hydrogen) atoms. The predicted molar refractivity (Wildman–Crippen MR) is 103 cm³/mol. The molecule has 1 unspecified atom stereocenters. The predicted octanol–water partition coefficient (Wildman–Crippen LogP) is 3.11. The van der Waals surface area contributed by atoms with Gasteiger partial charge in [0.05, 0.1) is 6.54 Å². The fourth-order valence-corrected chi connectivity index (χ4v) is 4.30. The SMILES string of the molecule is CC(C)N1CCC(NC(=O)NCC(O)c2cc3ccccc3s2)CC1. The number of aliphatic hydroxyl groups excluding tert-OH is 1. The minimum atomic E-state index is -0.675. The van der Waals surface area contributed by atoms with Crippen molar-refractivity contribution >= 4 is 27.5 Å². The van der Waals surface area contributed by atoms with Crippen LogP contribution in [0.25, 0.3) is 10.1 Å². The van der Waals surface area contributed by atoms with Crippen LogP contribution in [0.3, 0.4) is 0 Å². The zero-order valence-corrected chi connectivity index (χ0v) is 15.7. The third kappa shape index (κ3) is 4.71. The second-order valence-corrected chi connectivity index (χ2v) is 8.08. The van der Waals surface area contributed by atoms with Gasteiger partial charge in [-0.3, -0.25) is 0 Å². The molecule has 136 valence electrons. The van der Waals surface area contributed by atoms with Crippen LogP contribution in [-0.4, -0.2) is 47.8 Å². The van der Waals surface area contributed by atoms with E-state index in [9.17, 15) is 9.90 Å². The Hall–Kier alpha value is -1.63. The highest BCUT2D eigenvalue weighted by molar-refractivity contribution is 7.19. The van der Waals surface area contributed by atoms with Gasteiger partial charge in [0.1, 0.15) is 6.10 Å². The van der Waals surface area contributed by atoms with E-state index in [-0.39, 0.29) is 18.6 Å². The molecule has 1 atom stereocenters. The topological polar surface area (TPSA) is 64.6 Å².